The standard InChI is InChI=1S/C12H9NO5/c14-10(6-4-7(6)11(15)16)5-1-2-8-9(3-5)18-12(17)13-8/h1-3,6-7H,4H2,(H,13,17)(H,15,16). The number of carboxylic acids is 1. The summed E-state index contributed by atoms with van der Waals surface area (Å²) >= 11 is 0. The van der Waals surface area contributed by atoms with Crippen molar-refractivity contribution in [3.63, 3.8) is 0 Å². The topological polar surface area (TPSA) is 100 Å². The Morgan fingerprint density at radius 2 is 2.11 bits per heavy atom. The van der Waals surface area contributed by atoms with Crippen LogP contribution in [0.3, 0.4) is 0 Å². The molecule has 1 aromatic carbocycles. The van der Waals surface area contributed by atoms with Gasteiger partial charge < -0.3 is 9.52 Å². The van der Waals surface area contributed by atoms with E-state index >= 15 is 0 Å². The van der Waals surface area contributed by atoms with Crippen LogP contribution in [-0.2, 0) is 4.79 Å². The molecule has 1 aromatic heterocycles. The molecule has 1 aliphatic rings. The number of carbonyl (C=O) groups is 2. The molecular formula is C12H9NO5. The van der Waals surface area contributed by atoms with E-state index in [9.17, 15) is 14.4 Å². The molecule has 0 saturated heterocycles. The SMILES string of the molecule is O=C(O)C1CC1C(=O)c1ccc2[nH]c(=O)oc2c1. The van der Waals surface area contributed by atoms with Crippen molar-refractivity contribution in [3.8, 4) is 0 Å². The number of benzene rings is 1. The Morgan fingerprint density at radius 3 is 2.78 bits per heavy atom. The van der Waals surface area contributed by atoms with Crippen LogP contribution in [0.2, 0.25) is 0 Å². The van der Waals surface area contributed by atoms with Crippen molar-refractivity contribution in [3.05, 3.63) is 34.3 Å². The number of aliphatic carboxylic acids is 1. The highest BCUT2D eigenvalue weighted by Gasteiger charge is 2.48. The Labute approximate surface area is 100 Å². The molecule has 18 heavy (non-hydrogen) atoms. The van der Waals surface area contributed by atoms with Gasteiger partial charge in [-0.15, -0.1) is 0 Å². The van der Waals surface area contributed by atoms with E-state index in [-0.39, 0.29) is 5.78 Å². The maximum Gasteiger partial charge on any atom is 0.417 e. The fourth-order valence-electron chi connectivity index (χ4n) is 2.07. The molecule has 2 aromatic rings. The lowest BCUT2D eigenvalue weighted by molar-refractivity contribution is -0.138. The van der Waals surface area contributed by atoms with Gasteiger partial charge in [0.25, 0.3) is 0 Å². The molecular weight excluding hydrogens is 238 g/mol. The molecule has 2 N–H and O–H groups in total. The molecule has 2 unspecified atom stereocenters. The predicted molar refractivity (Wildman–Crippen MR) is 60.4 cm³/mol. The first-order valence-corrected chi connectivity index (χ1v) is 5.46. The van der Waals surface area contributed by atoms with Crippen molar-refractivity contribution < 1.29 is 19.1 Å². The summed E-state index contributed by atoms with van der Waals surface area (Å²) in [4.78, 5) is 36.1. The molecule has 3 rings (SSSR count). The molecule has 0 bridgehead atoms. The monoisotopic (exact) mass is 247 g/mol. The molecule has 2 atom stereocenters. The van der Waals surface area contributed by atoms with Crippen LogP contribution in [-0.4, -0.2) is 21.8 Å². The van der Waals surface area contributed by atoms with E-state index < -0.39 is 23.6 Å². The summed E-state index contributed by atoms with van der Waals surface area (Å²) in [7, 11) is 0. The van der Waals surface area contributed by atoms with Gasteiger partial charge in [0.05, 0.1) is 11.4 Å². The third-order valence-corrected chi connectivity index (χ3v) is 3.15. The van der Waals surface area contributed by atoms with E-state index in [0.29, 0.717) is 23.1 Å². The number of Topliss-reactive ketones (excluding diaryl/α,β-unsaturated/α-hetero) is 1. The third kappa shape index (κ3) is 1.62. The summed E-state index contributed by atoms with van der Waals surface area (Å²) in [5.41, 5.74) is 1.19. The van der Waals surface area contributed by atoms with Crippen LogP contribution in [0.4, 0.5) is 0 Å². The Bertz CT molecular complexity index is 711. The molecule has 92 valence electrons. The first kappa shape index (κ1) is 10.8. The third-order valence-electron chi connectivity index (χ3n) is 3.15. The number of hydrogen-bond acceptors (Lipinski definition) is 4. The average molecular weight is 247 g/mol. The number of oxazole rings is 1. The lowest BCUT2D eigenvalue weighted by Crippen LogP contribution is -2.08. The van der Waals surface area contributed by atoms with Gasteiger partial charge in [0.15, 0.2) is 11.4 Å². The Balaban J connectivity index is 1.93. The van der Waals surface area contributed by atoms with Gasteiger partial charge in [-0.05, 0) is 24.6 Å². The summed E-state index contributed by atoms with van der Waals surface area (Å²) in [5, 5.41) is 8.78. The van der Waals surface area contributed by atoms with Crippen LogP contribution in [0.1, 0.15) is 16.8 Å². The minimum absolute atomic E-state index is 0.215. The predicted octanol–water partition coefficient (Wildman–Crippen LogP) is 1.02. The number of carboxylic acid groups (broad SMARTS) is 1. The van der Waals surface area contributed by atoms with Gasteiger partial charge in [-0.3, -0.25) is 14.6 Å². The van der Waals surface area contributed by atoms with Crippen molar-refractivity contribution >= 4 is 22.9 Å². The first-order valence-electron chi connectivity index (χ1n) is 5.46. The first-order chi connectivity index (χ1) is 8.56. The smallest absolute Gasteiger partial charge is 0.417 e. The Kier molecular flexibility index (Phi) is 2.13. The highest BCUT2D eigenvalue weighted by atomic mass is 16.4. The highest BCUT2D eigenvalue weighted by molar-refractivity contribution is 6.04. The zero-order valence-corrected chi connectivity index (χ0v) is 9.17. The van der Waals surface area contributed by atoms with Gasteiger partial charge in [-0.25, -0.2) is 4.79 Å². The largest absolute Gasteiger partial charge is 0.481 e. The number of rotatable bonds is 3. The second-order valence-corrected chi connectivity index (χ2v) is 4.38. The molecule has 0 aliphatic heterocycles. The van der Waals surface area contributed by atoms with E-state index in [1.54, 1.807) is 12.1 Å². The van der Waals surface area contributed by atoms with Crippen molar-refractivity contribution in [2.75, 3.05) is 0 Å². The summed E-state index contributed by atoms with van der Waals surface area (Å²) in [6.07, 6.45) is 0.378. The average Bonchev–Trinajstić information content (AvgIpc) is 3.03. The van der Waals surface area contributed by atoms with E-state index in [1.807, 2.05) is 0 Å². The molecule has 1 fully saturated rings. The second-order valence-electron chi connectivity index (χ2n) is 4.38. The fourth-order valence-corrected chi connectivity index (χ4v) is 2.07. The van der Waals surface area contributed by atoms with Crippen LogP contribution in [0.5, 0.6) is 0 Å². The molecule has 6 nitrogen and oxygen atoms in total. The molecule has 1 saturated carbocycles. The number of nitrogens with one attached hydrogen (secondary N) is 1. The lowest BCUT2D eigenvalue weighted by atomic mass is 10.1. The molecule has 0 spiro atoms. The highest BCUT2D eigenvalue weighted by Crippen LogP contribution is 2.41. The number of aromatic nitrogens is 1. The van der Waals surface area contributed by atoms with E-state index in [2.05, 4.69) is 4.98 Å². The number of fused-ring (bicyclic) bond motifs is 1. The quantitative estimate of drug-likeness (QED) is 0.789. The Hall–Kier alpha value is -2.37. The van der Waals surface area contributed by atoms with Gasteiger partial charge in [0, 0.05) is 11.5 Å². The van der Waals surface area contributed by atoms with Crippen molar-refractivity contribution in [2.24, 2.45) is 11.8 Å². The Morgan fingerprint density at radius 1 is 1.33 bits per heavy atom. The number of H-pyrrole nitrogens is 1. The number of hydrogen-bond donors (Lipinski definition) is 2. The van der Waals surface area contributed by atoms with Crippen LogP contribution in [0.25, 0.3) is 11.1 Å². The number of aromatic amines is 1. The van der Waals surface area contributed by atoms with Gasteiger partial charge in [0.2, 0.25) is 0 Å². The van der Waals surface area contributed by atoms with E-state index in [0.717, 1.165) is 0 Å². The number of ketones is 1. The normalized spacial score (nSPS) is 22.0. The van der Waals surface area contributed by atoms with Crippen molar-refractivity contribution in [1.82, 2.24) is 4.98 Å². The maximum absolute atomic E-state index is 12.0. The number of carbonyl (C=O) groups excluding carboxylic acids is 1. The van der Waals surface area contributed by atoms with Gasteiger partial charge in [0.1, 0.15) is 0 Å². The van der Waals surface area contributed by atoms with E-state index in [4.69, 9.17) is 9.52 Å². The summed E-state index contributed by atoms with van der Waals surface area (Å²) in [6.45, 7) is 0. The molecule has 0 radical (unpaired) electrons. The minimum Gasteiger partial charge on any atom is -0.481 e. The lowest BCUT2D eigenvalue weighted by Gasteiger charge is -1.98. The summed E-state index contributed by atoms with van der Waals surface area (Å²) in [6, 6.07) is 4.60. The molecule has 0 amide bonds. The van der Waals surface area contributed by atoms with Crippen molar-refractivity contribution in [2.45, 2.75) is 6.42 Å². The van der Waals surface area contributed by atoms with Gasteiger partial charge in [-0.2, -0.15) is 0 Å². The molecule has 6 heteroatoms. The maximum atomic E-state index is 12.0. The zero-order valence-electron chi connectivity index (χ0n) is 9.17. The van der Waals surface area contributed by atoms with Gasteiger partial charge >= 0.3 is 11.7 Å². The van der Waals surface area contributed by atoms with Crippen molar-refractivity contribution in [1.29, 1.82) is 0 Å². The van der Waals surface area contributed by atoms with Crippen LogP contribution >= 0.6 is 0 Å². The van der Waals surface area contributed by atoms with Crippen LogP contribution in [0, 0.1) is 11.8 Å². The molecule has 1 heterocycles. The van der Waals surface area contributed by atoms with Crippen LogP contribution < -0.4 is 5.76 Å². The minimum atomic E-state index is -0.942. The van der Waals surface area contributed by atoms with E-state index in [1.165, 1.54) is 6.07 Å². The van der Waals surface area contributed by atoms with Crippen LogP contribution in [0.15, 0.2) is 27.4 Å². The zero-order chi connectivity index (χ0) is 12.9. The van der Waals surface area contributed by atoms with Gasteiger partial charge in [-0.1, -0.05) is 0 Å². The fraction of sp³-hybridized carbons (Fsp3) is 0.250. The summed E-state index contributed by atoms with van der Waals surface area (Å²) in [5.74, 6) is -2.77. The summed E-state index contributed by atoms with van der Waals surface area (Å²) < 4.78 is 4.85. The molecule has 1 aliphatic carbocycles. The second kappa shape index (κ2) is 3.56.